The van der Waals surface area contributed by atoms with Gasteiger partial charge in [0, 0.05) is 19.5 Å². The molecule has 0 bridgehead atoms. The van der Waals surface area contributed by atoms with Gasteiger partial charge in [-0.2, -0.15) is 0 Å². The van der Waals surface area contributed by atoms with E-state index in [-0.39, 0.29) is 36.5 Å². The van der Waals surface area contributed by atoms with Crippen LogP contribution in [0.4, 0.5) is 4.39 Å². The topological polar surface area (TPSA) is 50.8 Å². The number of nitrogens with one attached hydrogen (secondary N) is 1. The first-order valence-corrected chi connectivity index (χ1v) is 10.1. The number of ether oxygens (including phenoxy) is 2. The van der Waals surface area contributed by atoms with Crippen molar-refractivity contribution in [1.82, 2.24) is 10.2 Å². The zero-order chi connectivity index (χ0) is 21.8. The predicted octanol–water partition coefficient (Wildman–Crippen LogP) is 4.77. The molecule has 8 heteroatoms. The summed E-state index contributed by atoms with van der Waals surface area (Å²) in [6, 6.07) is 12.2. The molecule has 0 saturated heterocycles. The number of amides is 1. The van der Waals surface area contributed by atoms with Crippen molar-refractivity contribution in [2.45, 2.75) is 19.3 Å². The Morgan fingerprint density at radius 2 is 1.72 bits per heavy atom. The number of carbonyl (C=O) groups excluding carboxylic acids is 1. The van der Waals surface area contributed by atoms with Crippen LogP contribution in [0.15, 0.2) is 48.5 Å². The number of nitrogens with zero attached hydrogens (tertiary/aromatic N) is 1. The number of hydrogen-bond acceptors (Lipinski definition) is 4. The molecule has 178 valence electrons. The molecule has 0 aromatic heterocycles. The molecule has 0 heterocycles. The van der Waals surface area contributed by atoms with Crippen LogP contribution in [0.1, 0.15) is 24.0 Å². The zero-order valence-corrected chi connectivity index (χ0v) is 20.4. The summed E-state index contributed by atoms with van der Waals surface area (Å²) in [7, 11) is 5.35. The van der Waals surface area contributed by atoms with Crippen LogP contribution in [-0.4, -0.2) is 51.7 Å². The van der Waals surface area contributed by atoms with Crippen LogP contribution < -0.4 is 14.8 Å². The van der Waals surface area contributed by atoms with Gasteiger partial charge in [-0.15, -0.1) is 24.8 Å². The van der Waals surface area contributed by atoms with Crippen molar-refractivity contribution in [2.24, 2.45) is 0 Å². The third kappa shape index (κ3) is 10.8. The lowest BCUT2D eigenvalue weighted by Crippen LogP contribution is -2.28. The van der Waals surface area contributed by atoms with E-state index in [0.717, 1.165) is 43.0 Å². The second-order valence-electron chi connectivity index (χ2n) is 7.10. The highest BCUT2D eigenvalue weighted by Gasteiger charge is 2.06. The number of halogens is 3. The Bertz CT molecular complexity index is 832. The molecule has 0 saturated carbocycles. The molecule has 1 N–H and O–H groups in total. The number of methoxy groups -OCH3 is 2. The molecule has 2 aromatic rings. The molecular weight excluding hydrogens is 454 g/mol. The van der Waals surface area contributed by atoms with Gasteiger partial charge in [-0.05, 0) is 61.8 Å². The van der Waals surface area contributed by atoms with Crippen LogP contribution in [0.25, 0.3) is 6.08 Å². The Kier molecular flexibility index (Phi) is 15.2. The maximum atomic E-state index is 12.9. The average Bonchev–Trinajstić information content (AvgIpc) is 2.76. The van der Waals surface area contributed by atoms with Gasteiger partial charge >= 0.3 is 0 Å². The molecule has 0 spiro atoms. The molecule has 0 unspecified atom stereocenters. The van der Waals surface area contributed by atoms with E-state index >= 15 is 0 Å². The summed E-state index contributed by atoms with van der Waals surface area (Å²) in [6.45, 7) is 2.47. The van der Waals surface area contributed by atoms with Crippen LogP contribution in [0, 0.1) is 5.82 Å². The molecule has 0 aliphatic heterocycles. The first-order valence-electron chi connectivity index (χ1n) is 10.1. The normalized spacial score (nSPS) is 10.4. The minimum absolute atomic E-state index is 0. The van der Waals surface area contributed by atoms with Gasteiger partial charge in [0.1, 0.15) is 5.82 Å². The molecule has 0 fully saturated rings. The van der Waals surface area contributed by atoms with Gasteiger partial charge in [0.25, 0.3) is 0 Å². The summed E-state index contributed by atoms with van der Waals surface area (Å²) < 4.78 is 23.5. The molecule has 0 radical (unpaired) electrons. The molecule has 2 aromatic carbocycles. The molecular formula is C24H33Cl2FN2O3. The summed E-state index contributed by atoms with van der Waals surface area (Å²) >= 11 is 0. The van der Waals surface area contributed by atoms with E-state index in [0.29, 0.717) is 13.0 Å². The van der Waals surface area contributed by atoms with E-state index in [2.05, 4.69) is 23.3 Å². The summed E-state index contributed by atoms with van der Waals surface area (Å²) in [4.78, 5) is 14.1. The van der Waals surface area contributed by atoms with Crippen LogP contribution >= 0.6 is 24.8 Å². The lowest BCUT2D eigenvalue weighted by atomic mass is 10.1. The predicted molar refractivity (Wildman–Crippen MR) is 133 cm³/mol. The Morgan fingerprint density at radius 1 is 1.03 bits per heavy atom. The highest BCUT2D eigenvalue weighted by molar-refractivity contribution is 5.85. The van der Waals surface area contributed by atoms with Gasteiger partial charge in [-0.25, -0.2) is 4.39 Å². The highest BCUT2D eigenvalue weighted by atomic mass is 35.5. The molecule has 0 aliphatic carbocycles. The average molecular weight is 487 g/mol. The van der Waals surface area contributed by atoms with Crippen molar-refractivity contribution in [3.05, 3.63) is 65.5 Å². The number of hydrogen-bond donors (Lipinski definition) is 1. The van der Waals surface area contributed by atoms with Crippen molar-refractivity contribution in [3.63, 3.8) is 0 Å². The van der Waals surface area contributed by atoms with E-state index in [1.54, 1.807) is 32.4 Å². The fourth-order valence-corrected chi connectivity index (χ4v) is 2.99. The largest absolute Gasteiger partial charge is 0.493 e. The lowest BCUT2D eigenvalue weighted by molar-refractivity contribution is -0.120. The highest BCUT2D eigenvalue weighted by Crippen LogP contribution is 2.27. The Hall–Kier alpha value is -2.28. The van der Waals surface area contributed by atoms with Crippen molar-refractivity contribution < 1.29 is 18.7 Å². The Labute approximate surface area is 202 Å². The number of benzene rings is 2. The summed E-state index contributed by atoms with van der Waals surface area (Å²) in [5.74, 6) is 1.20. The van der Waals surface area contributed by atoms with E-state index < -0.39 is 0 Å². The van der Waals surface area contributed by atoms with Gasteiger partial charge in [0.2, 0.25) is 5.91 Å². The third-order valence-electron chi connectivity index (χ3n) is 4.75. The SMILES string of the molecule is COc1ccc(CCN(C)CCCNC(=O)C/C=C/c2ccc(F)cc2)cc1OC.Cl.Cl. The van der Waals surface area contributed by atoms with E-state index in [1.165, 1.54) is 17.7 Å². The minimum atomic E-state index is -0.265. The van der Waals surface area contributed by atoms with Crippen LogP contribution in [-0.2, 0) is 11.2 Å². The quantitative estimate of drug-likeness (QED) is 0.439. The number of rotatable bonds is 12. The van der Waals surface area contributed by atoms with Crippen LogP contribution in [0.2, 0.25) is 0 Å². The van der Waals surface area contributed by atoms with E-state index in [1.807, 2.05) is 18.2 Å². The maximum absolute atomic E-state index is 12.9. The Morgan fingerprint density at radius 3 is 2.38 bits per heavy atom. The van der Waals surface area contributed by atoms with Gasteiger partial charge in [0.15, 0.2) is 11.5 Å². The van der Waals surface area contributed by atoms with Crippen LogP contribution in [0.5, 0.6) is 11.5 Å². The fraction of sp³-hybridized carbons (Fsp3) is 0.375. The first-order chi connectivity index (χ1) is 14.5. The van der Waals surface area contributed by atoms with Crippen molar-refractivity contribution in [1.29, 1.82) is 0 Å². The molecule has 32 heavy (non-hydrogen) atoms. The second-order valence-corrected chi connectivity index (χ2v) is 7.10. The molecule has 2 rings (SSSR count). The molecule has 0 atom stereocenters. The maximum Gasteiger partial charge on any atom is 0.223 e. The molecule has 5 nitrogen and oxygen atoms in total. The lowest BCUT2D eigenvalue weighted by Gasteiger charge is -2.17. The number of carbonyl (C=O) groups is 1. The zero-order valence-electron chi connectivity index (χ0n) is 18.8. The smallest absolute Gasteiger partial charge is 0.223 e. The van der Waals surface area contributed by atoms with E-state index in [9.17, 15) is 9.18 Å². The van der Waals surface area contributed by atoms with E-state index in [4.69, 9.17) is 9.47 Å². The summed E-state index contributed by atoms with van der Waals surface area (Å²) in [5, 5.41) is 2.93. The summed E-state index contributed by atoms with van der Waals surface area (Å²) in [5.41, 5.74) is 2.07. The molecule has 1 amide bonds. The molecule has 0 aliphatic rings. The Balaban J connectivity index is 0.00000480. The number of likely N-dealkylation sites (N-methyl/N-ethyl adjacent to an activating group) is 1. The van der Waals surface area contributed by atoms with Crippen molar-refractivity contribution >= 4 is 36.8 Å². The second kappa shape index (κ2) is 16.4. The van der Waals surface area contributed by atoms with Gasteiger partial charge in [-0.3, -0.25) is 4.79 Å². The fourth-order valence-electron chi connectivity index (χ4n) is 2.99. The standard InChI is InChI=1S/C24H31FN2O3.2ClH/c1-27(17-14-20-10-13-22(29-2)23(18-20)30-3)16-5-15-26-24(28)7-4-6-19-8-11-21(25)12-9-19;;/h4,6,8-13,18H,5,7,14-17H2,1-3H3,(H,26,28);2*1H/b6-4+;;. The third-order valence-corrected chi connectivity index (χ3v) is 4.75. The monoisotopic (exact) mass is 486 g/mol. The first kappa shape index (κ1) is 29.7. The van der Waals surface area contributed by atoms with Crippen LogP contribution in [0.3, 0.4) is 0 Å². The summed E-state index contributed by atoms with van der Waals surface area (Å²) in [6.07, 6.45) is 5.72. The van der Waals surface area contributed by atoms with Gasteiger partial charge in [0.05, 0.1) is 14.2 Å². The van der Waals surface area contributed by atoms with Gasteiger partial charge < -0.3 is 19.7 Å². The minimum Gasteiger partial charge on any atom is -0.493 e. The van der Waals surface area contributed by atoms with Gasteiger partial charge in [-0.1, -0.05) is 30.4 Å². The van der Waals surface area contributed by atoms with Crippen molar-refractivity contribution in [2.75, 3.05) is 40.9 Å². The van der Waals surface area contributed by atoms with Crippen molar-refractivity contribution in [3.8, 4) is 11.5 Å².